The number of nitrogens with zero attached hydrogens (tertiary/aromatic N) is 1. The number of hydrogen-bond acceptors (Lipinski definition) is 3. The second-order valence-electron chi connectivity index (χ2n) is 5.93. The molecule has 1 rings (SSSR count). The summed E-state index contributed by atoms with van der Waals surface area (Å²) >= 11 is 0. The van der Waals surface area contributed by atoms with Crippen molar-refractivity contribution in [2.45, 2.75) is 33.1 Å². The molecule has 18 heavy (non-hydrogen) atoms. The smallest absolute Gasteiger partial charge is 0.211 e. The lowest BCUT2D eigenvalue weighted by molar-refractivity contribution is 0.207. The quantitative estimate of drug-likeness (QED) is 0.800. The fraction of sp³-hybridized carbons (Fsp3) is 1.00. The number of sulfonamides is 1. The summed E-state index contributed by atoms with van der Waals surface area (Å²) in [6, 6.07) is 0. The zero-order valence-corrected chi connectivity index (χ0v) is 13.0. The van der Waals surface area contributed by atoms with Crippen LogP contribution in [0.15, 0.2) is 0 Å². The first-order chi connectivity index (χ1) is 8.34. The molecule has 0 aromatic carbocycles. The summed E-state index contributed by atoms with van der Waals surface area (Å²) in [4.78, 5) is 0. The van der Waals surface area contributed by atoms with Crippen molar-refractivity contribution in [2.75, 3.05) is 32.9 Å². The highest BCUT2D eigenvalue weighted by molar-refractivity contribution is 7.88. The van der Waals surface area contributed by atoms with Gasteiger partial charge in [0.15, 0.2) is 0 Å². The summed E-state index contributed by atoms with van der Waals surface area (Å²) in [5, 5.41) is 3.25. The van der Waals surface area contributed by atoms with E-state index >= 15 is 0 Å². The molecule has 0 spiro atoms. The van der Waals surface area contributed by atoms with E-state index in [-0.39, 0.29) is 0 Å². The maximum absolute atomic E-state index is 11.6. The molecule has 0 aromatic heterocycles. The highest BCUT2D eigenvalue weighted by atomic mass is 32.2. The van der Waals surface area contributed by atoms with E-state index in [0.717, 1.165) is 19.4 Å². The number of rotatable bonds is 6. The third-order valence-electron chi connectivity index (χ3n) is 4.00. The van der Waals surface area contributed by atoms with Gasteiger partial charge in [0.05, 0.1) is 6.26 Å². The van der Waals surface area contributed by atoms with Gasteiger partial charge in [-0.25, -0.2) is 12.7 Å². The molecule has 1 aliphatic rings. The van der Waals surface area contributed by atoms with Gasteiger partial charge in [-0.3, -0.25) is 0 Å². The second-order valence-corrected chi connectivity index (χ2v) is 7.91. The Hall–Kier alpha value is -0.130. The van der Waals surface area contributed by atoms with Gasteiger partial charge in [-0.05, 0) is 50.6 Å². The van der Waals surface area contributed by atoms with E-state index in [1.165, 1.54) is 12.7 Å². The van der Waals surface area contributed by atoms with Gasteiger partial charge in [-0.15, -0.1) is 0 Å². The summed E-state index contributed by atoms with van der Waals surface area (Å²) in [6.45, 7) is 6.94. The Bertz CT molecular complexity index is 341. The molecule has 2 atom stereocenters. The molecular formula is C13H28N2O2S. The van der Waals surface area contributed by atoms with E-state index < -0.39 is 10.0 Å². The minimum Gasteiger partial charge on any atom is -0.319 e. The monoisotopic (exact) mass is 276 g/mol. The first kappa shape index (κ1) is 15.9. The van der Waals surface area contributed by atoms with Gasteiger partial charge >= 0.3 is 0 Å². The summed E-state index contributed by atoms with van der Waals surface area (Å²) in [6.07, 6.45) is 4.62. The van der Waals surface area contributed by atoms with Crippen molar-refractivity contribution in [1.29, 1.82) is 0 Å². The molecule has 1 aliphatic heterocycles. The Morgan fingerprint density at radius 3 is 2.56 bits per heavy atom. The maximum atomic E-state index is 11.6. The highest BCUT2D eigenvalue weighted by Crippen LogP contribution is 2.27. The van der Waals surface area contributed by atoms with Crippen LogP contribution in [-0.2, 0) is 10.0 Å². The molecule has 5 heteroatoms. The van der Waals surface area contributed by atoms with Crippen molar-refractivity contribution in [3.8, 4) is 0 Å². The third-order valence-corrected chi connectivity index (χ3v) is 5.27. The number of hydrogen-bond donors (Lipinski definition) is 1. The highest BCUT2D eigenvalue weighted by Gasteiger charge is 2.28. The van der Waals surface area contributed by atoms with Crippen molar-refractivity contribution in [3.05, 3.63) is 0 Å². The summed E-state index contributed by atoms with van der Waals surface area (Å²) in [5.74, 6) is 1.81. The number of nitrogens with one attached hydrogen (secondary N) is 1. The molecule has 2 unspecified atom stereocenters. The van der Waals surface area contributed by atoms with Crippen LogP contribution in [-0.4, -0.2) is 45.7 Å². The Morgan fingerprint density at radius 2 is 2.06 bits per heavy atom. The van der Waals surface area contributed by atoms with Crippen molar-refractivity contribution >= 4 is 10.0 Å². The van der Waals surface area contributed by atoms with Crippen LogP contribution in [0.1, 0.15) is 33.1 Å². The molecule has 108 valence electrons. The largest absolute Gasteiger partial charge is 0.319 e. The van der Waals surface area contributed by atoms with Crippen LogP contribution in [0.5, 0.6) is 0 Å². The zero-order chi connectivity index (χ0) is 13.8. The zero-order valence-electron chi connectivity index (χ0n) is 12.1. The van der Waals surface area contributed by atoms with Gasteiger partial charge in [0.25, 0.3) is 0 Å². The topological polar surface area (TPSA) is 49.4 Å². The minimum atomic E-state index is -3.01. The minimum absolute atomic E-state index is 0.522. The normalized spacial score (nSPS) is 24.4. The van der Waals surface area contributed by atoms with E-state index in [0.29, 0.717) is 30.8 Å². The Kier molecular flexibility index (Phi) is 6.08. The van der Waals surface area contributed by atoms with E-state index in [1.54, 1.807) is 4.31 Å². The maximum Gasteiger partial charge on any atom is 0.211 e. The van der Waals surface area contributed by atoms with Crippen LogP contribution in [0, 0.1) is 17.8 Å². The van der Waals surface area contributed by atoms with Crippen LogP contribution in [0.3, 0.4) is 0 Å². The van der Waals surface area contributed by atoms with Gasteiger partial charge in [-0.1, -0.05) is 13.8 Å². The average molecular weight is 276 g/mol. The van der Waals surface area contributed by atoms with Crippen LogP contribution in [0.25, 0.3) is 0 Å². The Morgan fingerprint density at radius 1 is 1.39 bits per heavy atom. The summed E-state index contributed by atoms with van der Waals surface area (Å²) in [7, 11) is -1.02. The Balaban J connectivity index is 2.56. The SMILES string of the molecule is CNCC(CC1CCCN(S(C)(=O)=O)C1)C(C)C. The molecule has 1 N–H and O–H groups in total. The second kappa shape index (κ2) is 6.87. The lowest BCUT2D eigenvalue weighted by atomic mass is 9.83. The van der Waals surface area contributed by atoms with Crippen LogP contribution < -0.4 is 5.32 Å². The molecule has 4 nitrogen and oxygen atoms in total. The van der Waals surface area contributed by atoms with Crippen molar-refractivity contribution < 1.29 is 8.42 Å². The first-order valence-electron chi connectivity index (χ1n) is 6.94. The van der Waals surface area contributed by atoms with E-state index in [2.05, 4.69) is 19.2 Å². The Labute approximate surface area is 112 Å². The molecule has 0 aromatic rings. The van der Waals surface area contributed by atoms with E-state index in [4.69, 9.17) is 0 Å². The standard InChI is InChI=1S/C13H28N2O2S/c1-11(2)13(9-14-3)8-12-6-5-7-15(10-12)18(4,16)17/h11-14H,5-10H2,1-4H3. The molecule has 0 saturated carbocycles. The van der Waals surface area contributed by atoms with E-state index in [9.17, 15) is 8.42 Å². The van der Waals surface area contributed by atoms with Crippen LogP contribution in [0.2, 0.25) is 0 Å². The molecule has 1 fully saturated rings. The van der Waals surface area contributed by atoms with Gasteiger partial charge < -0.3 is 5.32 Å². The fourth-order valence-corrected chi connectivity index (χ4v) is 3.74. The van der Waals surface area contributed by atoms with Crippen LogP contribution >= 0.6 is 0 Å². The van der Waals surface area contributed by atoms with Crippen molar-refractivity contribution in [2.24, 2.45) is 17.8 Å². The molecule has 1 heterocycles. The molecule has 1 saturated heterocycles. The van der Waals surface area contributed by atoms with Gasteiger partial charge in [0.1, 0.15) is 0 Å². The fourth-order valence-electron chi connectivity index (χ4n) is 2.80. The lowest BCUT2D eigenvalue weighted by Gasteiger charge is -2.34. The van der Waals surface area contributed by atoms with Crippen LogP contribution in [0.4, 0.5) is 0 Å². The van der Waals surface area contributed by atoms with Crippen molar-refractivity contribution in [3.63, 3.8) is 0 Å². The molecule has 0 amide bonds. The first-order valence-corrected chi connectivity index (χ1v) is 8.79. The predicted molar refractivity (Wildman–Crippen MR) is 76.0 cm³/mol. The molecule has 0 radical (unpaired) electrons. The van der Waals surface area contributed by atoms with E-state index in [1.807, 2.05) is 7.05 Å². The summed E-state index contributed by atoms with van der Waals surface area (Å²) < 4.78 is 24.8. The average Bonchev–Trinajstić information content (AvgIpc) is 2.27. The number of piperidine rings is 1. The van der Waals surface area contributed by atoms with Gasteiger partial charge in [-0.2, -0.15) is 0 Å². The predicted octanol–water partition coefficient (Wildman–Crippen LogP) is 1.54. The molecule has 0 bridgehead atoms. The third kappa shape index (κ3) is 4.86. The molecular weight excluding hydrogens is 248 g/mol. The van der Waals surface area contributed by atoms with Gasteiger partial charge in [0.2, 0.25) is 10.0 Å². The van der Waals surface area contributed by atoms with Gasteiger partial charge in [0, 0.05) is 13.1 Å². The summed E-state index contributed by atoms with van der Waals surface area (Å²) in [5.41, 5.74) is 0. The molecule has 0 aliphatic carbocycles. The lowest BCUT2D eigenvalue weighted by Crippen LogP contribution is -2.40. The van der Waals surface area contributed by atoms with Crippen molar-refractivity contribution in [1.82, 2.24) is 9.62 Å².